The van der Waals surface area contributed by atoms with Gasteiger partial charge in [0.15, 0.2) is 5.75 Å². The predicted octanol–water partition coefficient (Wildman–Crippen LogP) is 4.08. The Morgan fingerprint density at radius 2 is 1.97 bits per heavy atom. The van der Waals surface area contributed by atoms with Crippen LogP contribution in [0.25, 0.3) is 16.3 Å². The smallest absolute Gasteiger partial charge is 0.256 e. The SMILES string of the molecule is Cc1c(C(=O)N2C[C@@H](O)[C@@H]2C)cn2nccc(Oc3ccc4c(C(=O)NC5CCC5)cccc4c3)c12. The summed E-state index contributed by atoms with van der Waals surface area (Å²) in [5.41, 5.74) is 2.68. The Bertz CT molecular complexity index is 1510. The number of ether oxygens (including phenoxy) is 1. The molecular weight excluding hydrogens is 456 g/mol. The van der Waals surface area contributed by atoms with Gasteiger partial charge in [-0.15, -0.1) is 0 Å². The maximum absolute atomic E-state index is 13.1. The Morgan fingerprint density at radius 3 is 2.69 bits per heavy atom. The molecule has 184 valence electrons. The first-order valence-electron chi connectivity index (χ1n) is 12.4. The van der Waals surface area contributed by atoms with E-state index < -0.39 is 6.10 Å². The molecule has 2 fully saturated rings. The molecule has 1 saturated heterocycles. The van der Waals surface area contributed by atoms with Crippen molar-refractivity contribution >= 4 is 28.1 Å². The van der Waals surface area contributed by atoms with Gasteiger partial charge in [0.1, 0.15) is 11.3 Å². The highest BCUT2D eigenvalue weighted by Gasteiger charge is 2.38. The van der Waals surface area contributed by atoms with E-state index in [4.69, 9.17) is 4.74 Å². The number of aromatic nitrogens is 2. The van der Waals surface area contributed by atoms with Crippen molar-refractivity contribution < 1.29 is 19.4 Å². The quantitative estimate of drug-likeness (QED) is 0.445. The zero-order chi connectivity index (χ0) is 25.0. The number of aryl methyl sites for hydroxylation is 1. The number of amides is 2. The summed E-state index contributed by atoms with van der Waals surface area (Å²) < 4.78 is 7.93. The summed E-state index contributed by atoms with van der Waals surface area (Å²) in [5.74, 6) is 1.04. The summed E-state index contributed by atoms with van der Waals surface area (Å²) >= 11 is 0. The van der Waals surface area contributed by atoms with Crippen LogP contribution in [0.1, 0.15) is 52.5 Å². The van der Waals surface area contributed by atoms with E-state index >= 15 is 0 Å². The van der Waals surface area contributed by atoms with Gasteiger partial charge in [-0.25, -0.2) is 4.52 Å². The molecule has 0 bridgehead atoms. The standard InChI is InChI=1S/C28H28N4O4/c1-16-23(28(35)31-15-24(33)17(31)2)14-32-26(16)25(11-12-29-32)36-20-9-10-21-18(13-20)5-3-8-22(21)27(34)30-19-6-4-7-19/h3,5,8-14,17,19,24,33H,4,6-7,15H2,1-2H3,(H,30,34)/t17-,24+/m0/s1. The van der Waals surface area contributed by atoms with Crippen molar-refractivity contribution in [1.82, 2.24) is 19.8 Å². The summed E-state index contributed by atoms with van der Waals surface area (Å²) in [6, 6.07) is 13.2. The van der Waals surface area contributed by atoms with Gasteiger partial charge in [-0.2, -0.15) is 5.10 Å². The number of hydrogen-bond donors (Lipinski definition) is 2. The number of fused-ring (bicyclic) bond motifs is 2. The molecule has 0 unspecified atom stereocenters. The van der Waals surface area contributed by atoms with Crippen molar-refractivity contribution in [2.24, 2.45) is 0 Å². The number of aliphatic hydroxyl groups excluding tert-OH is 1. The molecule has 0 spiro atoms. The van der Waals surface area contributed by atoms with Gasteiger partial charge in [-0.3, -0.25) is 9.59 Å². The summed E-state index contributed by atoms with van der Waals surface area (Å²) in [7, 11) is 0. The molecular formula is C28H28N4O4. The fourth-order valence-corrected chi connectivity index (χ4v) is 5.00. The molecule has 1 aliphatic carbocycles. The van der Waals surface area contributed by atoms with E-state index in [0.29, 0.717) is 34.7 Å². The number of carbonyl (C=O) groups is 2. The fourth-order valence-electron chi connectivity index (χ4n) is 5.00. The summed E-state index contributed by atoms with van der Waals surface area (Å²) in [4.78, 5) is 27.5. The number of rotatable bonds is 5. The third kappa shape index (κ3) is 3.69. The fraction of sp³-hybridized carbons (Fsp3) is 0.321. The van der Waals surface area contributed by atoms with Crippen LogP contribution in [0.4, 0.5) is 0 Å². The second-order valence-electron chi connectivity index (χ2n) is 9.81. The van der Waals surface area contributed by atoms with Crippen molar-refractivity contribution in [3.8, 4) is 11.5 Å². The lowest BCUT2D eigenvalue weighted by atomic mass is 9.92. The monoisotopic (exact) mass is 484 g/mol. The summed E-state index contributed by atoms with van der Waals surface area (Å²) in [6.07, 6.45) is 6.11. The lowest BCUT2D eigenvalue weighted by Gasteiger charge is -2.43. The topological polar surface area (TPSA) is 96.2 Å². The third-order valence-electron chi connectivity index (χ3n) is 7.58. The maximum atomic E-state index is 13.1. The number of nitrogens with one attached hydrogen (secondary N) is 1. The van der Waals surface area contributed by atoms with Gasteiger partial charge >= 0.3 is 0 Å². The predicted molar refractivity (Wildman–Crippen MR) is 136 cm³/mol. The van der Waals surface area contributed by atoms with Crippen molar-refractivity contribution in [3.63, 3.8) is 0 Å². The zero-order valence-corrected chi connectivity index (χ0v) is 20.3. The number of β-amino-alcohol motifs (C(OH)–C–C–N with tert-alkyl or cyclic N) is 1. The van der Waals surface area contributed by atoms with Crippen molar-refractivity contribution in [2.75, 3.05) is 6.54 Å². The minimum Gasteiger partial charge on any atom is -0.455 e. The van der Waals surface area contributed by atoms with E-state index in [0.717, 1.165) is 29.2 Å². The molecule has 2 aliphatic rings. The highest BCUT2D eigenvalue weighted by Crippen LogP contribution is 2.33. The van der Waals surface area contributed by atoms with Gasteiger partial charge < -0.3 is 20.1 Å². The number of benzene rings is 2. The molecule has 2 aromatic heterocycles. The largest absolute Gasteiger partial charge is 0.455 e. The summed E-state index contributed by atoms with van der Waals surface area (Å²) in [5, 5.41) is 19.1. The molecule has 2 N–H and O–H groups in total. The third-order valence-corrected chi connectivity index (χ3v) is 7.58. The lowest BCUT2D eigenvalue weighted by Crippen LogP contribution is -2.60. The van der Waals surface area contributed by atoms with Gasteiger partial charge in [0.2, 0.25) is 0 Å². The molecule has 2 aromatic carbocycles. The second-order valence-corrected chi connectivity index (χ2v) is 9.81. The van der Waals surface area contributed by atoms with Crippen molar-refractivity contribution in [2.45, 2.75) is 51.3 Å². The first kappa shape index (κ1) is 22.5. The summed E-state index contributed by atoms with van der Waals surface area (Å²) in [6.45, 7) is 4.05. The van der Waals surface area contributed by atoms with Crippen LogP contribution in [0.15, 0.2) is 54.9 Å². The van der Waals surface area contributed by atoms with Crippen LogP contribution in [0, 0.1) is 6.92 Å². The minimum atomic E-state index is -0.485. The maximum Gasteiger partial charge on any atom is 0.256 e. The lowest BCUT2D eigenvalue weighted by molar-refractivity contribution is -0.0357. The number of likely N-dealkylation sites (tertiary alicyclic amines) is 1. The van der Waals surface area contributed by atoms with E-state index in [1.807, 2.05) is 50.2 Å². The molecule has 0 radical (unpaired) electrons. The van der Waals surface area contributed by atoms with Crippen LogP contribution < -0.4 is 10.1 Å². The molecule has 3 heterocycles. The molecule has 8 heteroatoms. The average molecular weight is 485 g/mol. The number of aliphatic hydroxyl groups is 1. The van der Waals surface area contributed by atoms with Crippen LogP contribution in [-0.2, 0) is 0 Å². The number of hydrogen-bond acceptors (Lipinski definition) is 5. The first-order valence-corrected chi connectivity index (χ1v) is 12.4. The highest BCUT2D eigenvalue weighted by molar-refractivity contribution is 6.07. The Balaban J connectivity index is 1.30. The second kappa shape index (κ2) is 8.64. The highest BCUT2D eigenvalue weighted by atomic mass is 16.5. The Morgan fingerprint density at radius 1 is 1.14 bits per heavy atom. The van der Waals surface area contributed by atoms with Gasteiger partial charge in [-0.1, -0.05) is 12.1 Å². The molecule has 4 aromatic rings. The van der Waals surface area contributed by atoms with Gasteiger partial charge in [0.05, 0.1) is 23.9 Å². The molecule has 1 aliphatic heterocycles. The van der Waals surface area contributed by atoms with E-state index in [9.17, 15) is 14.7 Å². The van der Waals surface area contributed by atoms with Crippen LogP contribution in [-0.4, -0.2) is 56.2 Å². The van der Waals surface area contributed by atoms with E-state index in [-0.39, 0.29) is 23.9 Å². The van der Waals surface area contributed by atoms with Crippen LogP contribution in [0.2, 0.25) is 0 Å². The first-order chi connectivity index (χ1) is 17.4. The Kier molecular flexibility index (Phi) is 5.41. The van der Waals surface area contributed by atoms with Crippen LogP contribution in [0.5, 0.6) is 11.5 Å². The molecule has 2 atom stereocenters. The zero-order valence-electron chi connectivity index (χ0n) is 20.3. The van der Waals surface area contributed by atoms with E-state index in [2.05, 4.69) is 10.4 Å². The van der Waals surface area contributed by atoms with Gasteiger partial charge in [0, 0.05) is 30.4 Å². The molecule has 8 nitrogen and oxygen atoms in total. The Hall–Kier alpha value is -3.91. The average Bonchev–Trinajstić information content (AvgIpc) is 3.20. The minimum absolute atomic E-state index is 0.0418. The number of nitrogens with zero attached hydrogens (tertiary/aromatic N) is 3. The molecule has 6 rings (SSSR count). The molecule has 2 amide bonds. The van der Waals surface area contributed by atoms with E-state index in [1.165, 1.54) is 6.42 Å². The Labute approximate surface area is 208 Å². The molecule has 1 saturated carbocycles. The van der Waals surface area contributed by atoms with Crippen molar-refractivity contribution in [1.29, 1.82) is 0 Å². The van der Waals surface area contributed by atoms with Gasteiger partial charge in [-0.05, 0) is 73.7 Å². The van der Waals surface area contributed by atoms with Crippen LogP contribution in [0.3, 0.4) is 0 Å². The number of carbonyl (C=O) groups excluding carboxylic acids is 2. The molecule has 36 heavy (non-hydrogen) atoms. The van der Waals surface area contributed by atoms with Crippen LogP contribution >= 0.6 is 0 Å². The van der Waals surface area contributed by atoms with E-state index in [1.54, 1.807) is 27.9 Å². The van der Waals surface area contributed by atoms with Gasteiger partial charge in [0.25, 0.3) is 11.8 Å². The normalized spacial score (nSPS) is 19.7. The van der Waals surface area contributed by atoms with Crippen molar-refractivity contribution in [3.05, 3.63) is 71.5 Å².